The fourth-order valence-electron chi connectivity index (χ4n) is 5.28. The van der Waals surface area contributed by atoms with Crippen LogP contribution in [0.4, 0.5) is 15.9 Å². The summed E-state index contributed by atoms with van der Waals surface area (Å²) in [6.07, 6.45) is 1.80. The van der Waals surface area contributed by atoms with Crippen molar-refractivity contribution in [3.63, 3.8) is 0 Å². The molecule has 0 N–H and O–H groups in total. The molecular weight excluding hydrogens is 517 g/mol. The highest BCUT2D eigenvalue weighted by molar-refractivity contribution is 6.31. The van der Waals surface area contributed by atoms with Gasteiger partial charge in [-0.25, -0.2) is 4.39 Å². The number of nitrogens with zero attached hydrogens (tertiary/aromatic N) is 7. The lowest BCUT2D eigenvalue weighted by Crippen LogP contribution is -2.54. The van der Waals surface area contributed by atoms with Crippen molar-refractivity contribution in [2.75, 3.05) is 24.5 Å². The maximum absolute atomic E-state index is 13.9. The lowest BCUT2D eigenvalue weighted by atomic mass is 9.97. The number of hydrogen-bond donors (Lipinski definition) is 0. The van der Waals surface area contributed by atoms with E-state index in [1.165, 1.54) is 16.7 Å². The number of rotatable bonds is 4. The lowest BCUT2D eigenvalue weighted by Gasteiger charge is -2.44. The van der Waals surface area contributed by atoms with Crippen molar-refractivity contribution in [3.8, 4) is 6.07 Å². The highest BCUT2D eigenvalue weighted by atomic mass is 35.5. The first kappa shape index (κ1) is 26.3. The van der Waals surface area contributed by atoms with Gasteiger partial charge in [-0.1, -0.05) is 30.3 Å². The molecule has 0 spiro atoms. The third-order valence-corrected chi connectivity index (χ3v) is 7.55. The minimum absolute atomic E-state index is 0.00129. The van der Waals surface area contributed by atoms with Gasteiger partial charge in [0.1, 0.15) is 23.1 Å². The van der Waals surface area contributed by atoms with E-state index in [1.54, 1.807) is 31.4 Å². The molecule has 1 aliphatic rings. The van der Waals surface area contributed by atoms with E-state index in [1.807, 2.05) is 24.0 Å². The molecular formula is C29H25ClFN7O. The molecule has 0 radical (unpaired) electrons. The van der Waals surface area contributed by atoms with Gasteiger partial charge in [0.2, 0.25) is 5.52 Å². The smallest absolute Gasteiger partial charge is 0.271 e. The van der Waals surface area contributed by atoms with E-state index in [0.717, 1.165) is 16.8 Å². The molecule has 1 fully saturated rings. The van der Waals surface area contributed by atoms with Gasteiger partial charge in [-0.15, -0.1) is 4.98 Å². The first-order valence-corrected chi connectivity index (χ1v) is 12.8. The fraction of sp³-hybridized carbons (Fsp3) is 0.276. The van der Waals surface area contributed by atoms with Crippen molar-refractivity contribution in [2.24, 2.45) is 7.05 Å². The van der Waals surface area contributed by atoms with E-state index in [4.69, 9.17) is 18.2 Å². The van der Waals surface area contributed by atoms with Crippen molar-refractivity contribution in [3.05, 3.63) is 104 Å². The van der Waals surface area contributed by atoms with Gasteiger partial charge in [-0.2, -0.15) is 5.26 Å². The maximum atomic E-state index is 13.9. The van der Waals surface area contributed by atoms with E-state index >= 15 is 0 Å². The lowest BCUT2D eigenvalue weighted by molar-refractivity contribution is 0.147. The topological polar surface area (TPSA) is 82.4 Å². The molecule has 1 aromatic carbocycles. The zero-order valence-electron chi connectivity index (χ0n) is 21.7. The van der Waals surface area contributed by atoms with Crippen LogP contribution in [0.5, 0.6) is 0 Å². The number of fused-ring (bicyclic) bond motifs is 1. The number of pyridine rings is 3. The van der Waals surface area contributed by atoms with Gasteiger partial charge in [0, 0.05) is 43.9 Å². The molecule has 196 valence electrons. The predicted octanol–water partition coefficient (Wildman–Crippen LogP) is 5.15. The minimum atomic E-state index is -0.412. The van der Waals surface area contributed by atoms with Crippen LogP contribution in [0, 0.1) is 30.6 Å². The van der Waals surface area contributed by atoms with E-state index in [-0.39, 0.29) is 23.5 Å². The van der Waals surface area contributed by atoms with Crippen LogP contribution in [0.2, 0.25) is 5.02 Å². The molecule has 8 nitrogen and oxygen atoms in total. The SMILES string of the molecule is [C-]#[N+]c1ccc2c(n1)c(N1CCN(C(c3ccc(C)cn3)c3ccc(F)cc3Cl)[C@H](C)C1)c(C#N)c(=O)n2C. The van der Waals surface area contributed by atoms with E-state index in [2.05, 4.69) is 32.7 Å². The van der Waals surface area contributed by atoms with Crippen molar-refractivity contribution in [1.82, 2.24) is 19.4 Å². The van der Waals surface area contributed by atoms with Gasteiger partial charge in [0.05, 0.1) is 17.3 Å². The summed E-state index contributed by atoms with van der Waals surface area (Å²) >= 11 is 6.55. The van der Waals surface area contributed by atoms with Crippen molar-refractivity contribution in [2.45, 2.75) is 25.9 Å². The predicted molar refractivity (Wildman–Crippen MR) is 149 cm³/mol. The van der Waals surface area contributed by atoms with Crippen LogP contribution in [-0.4, -0.2) is 45.1 Å². The summed E-state index contributed by atoms with van der Waals surface area (Å²) in [6, 6.07) is 13.3. The Bertz CT molecular complexity index is 1720. The number of benzene rings is 1. The van der Waals surface area contributed by atoms with Gasteiger partial charge < -0.3 is 14.3 Å². The van der Waals surface area contributed by atoms with Crippen LogP contribution in [0.25, 0.3) is 15.9 Å². The van der Waals surface area contributed by atoms with Gasteiger partial charge in [0.15, 0.2) is 0 Å². The number of piperazine rings is 1. The zero-order chi connectivity index (χ0) is 27.8. The fourth-order valence-corrected chi connectivity index (χ4v) is 5.56. The van der Waals surface area contributed by atoms with Gasteiger partial charge >= 0.3 is 0 Å². The summed E-state index contributed by atoms with van der Waals surface area (Å²) in [5.41, 5.74) is 3.58. The maximum Gasteiger partial charge on any atom is 0.271 e. The van der Waals surface area contributed by atoms with E-state index in [9.17, 15) is 14.4 Å². The monoisotopic (exact) mass is 541 g/mol. The Balaban J connectivity index is 1.58. The highest BCUT2D eigenvalue weighted by Crippen LogP contribution is 2.37. The third-order valence-electron chi connectivity index (χ3n) is 7.22. The molecule has 4 aromatic rings. The van der Waals surface area contributed by atoms with Crippen molar-refractivity contribution < 1.29 is 4.39 Å². The molecule has 0 aliphatic carbocycles. The number of hydrogen-bond acceptors (Lipinski definition) is 6. The number of nitriles is 1. The quantitative estimate of drug-likeness (QED) is 0.332. The first-order valence-electron chi connectivity index (χ1n) is 12.4. The summed E-state index contributed by atoms with van der Waals surface area (Å²) in [7, 11) is 1.60. The summed E-state index contributed by atoms with van der Waals surface area (Å²) in [6.45, 7) is 12.9. The highest BCUT2D eigenvalue weighted by Gasteiger charge is 2.35. The molecule has 1 unspecified atom stereocenters. The Morgan fingerprint density at radius 3 is 2.67 bits per heavy atom. The Kier molecular flexibility index (Phi) is 7.05. The van der Waals surface area contributed by atoms with Crippen LogP contribution in [0.15, 0.2) is 53.5 Å². The molecule has 10 heteroatoms. The summed E-state index contributed by atoms with van der Waals surface area (Å²) in [4.78, 5) is 30.0. The summed E-state index contributed by atoms with van der Waals surface area (Å²) in [5.74, 6) is -0.223. The molecule has 2 atom stereocenters. The zero-order valence-corrected chi connectivity index (χ0v) is 22.4. The van der Waals surface area contributed by atoms with Gasteiger partial charge in [-0.3, -0.25) is 14.7 Å². The third kappa shape index (κ3) is 4.72. The average Bonchev–Trinajstić information content (AvgIpc) is 2.93. The molecule has 0 bridgehead atoms. The van der Waals surface area contributed by atoms with Gasteiger partial charge in [0.25, 0.3) is 11.4 Å². The van der Waals surface area contributed by atoms with Crippen LogP contribution in [-0.2, 0) is 7.05 Å². The second kappa shape index (κ2) is 10.5. The van der Waals surface area contributed by atoms with Crippen molar-refractivity contribution >= 4 is 34.1 Å². The van der Waals surface area contributed by atoms with Crippen LogP contribution >= 0.6 is 11.6 Å². The number of aryl methyl sites for hydroxylation is 2. The average molecular weight is 542 g/mol. The van der Waals surface area contributed by atoms with Crippen LogP contribution in [0.1, 0.15) is 35.3 Å². The first-order chi connectivity index (χ1) is 18.7. The number of anilines is 1. The van der Waals surface area contributed by atoms with E-state index in [0.29, 0.717) is 41.4 Å². The molecule has 4 heterocycles. The molecule has 1 saturated heterocycles. The molecule has 0 saturated carbocycles. The van der Waals surface area contributed by atoms with Gasteiger partial charge in [-0.05, 0) is 55.3 Å². The summed E-state index contributed by atoms with van der Waals surface area (Å²) in [5, 5.41) is 10.3. The molecule has 3 aromatic heterocycles. The number of halogens is 2. The molecule has 39 heavy (non-hydrogen) atoms. The molecule has 0 amide bonds. The van der Waals surface area contributed by atoms with Crippen molar-refractivity contribution in [1.29, 1.82) is 5.26 Å². The number of aromatic nitrogens is 3. The molecule has 1 aliphatic heterocycles. The largest absolute Gasteiger partial charge is 0.364 e. The van der Waals surface area contributed by atoms with Crippen LogP contribution in [0.3, 0.4) is 0 Å². The normalized spacial score (nSPS) is 16.6. The van der Waals surface area contributed by atoms with E-state index < -0.39 is 11.4 Å². The standard InChI is InChI=1S/C29H25ClFN7O/c1-17-5-8-23(34-15-17)27(20-7-6-19(31)13-22(20)30)38-12-11-37(16-18(38)2)28-21(14-32)29(39)36(4)24-9-10-25(33-3)35-26(24)28/h5-10,13,15,18,27H,11-12,16H2,1-2,4H3/t18-,27?/m1/s1. The Hall–Kier alpha value is -4.31. The Morgan fingerprint density at radius 2 is 2.03 bits per heavy atom. The second-order valence-electron chi connectivity index (χ2n) is 9.71. The minimum Gasteiger partial charge on any atom is -0.364 e. The molecule has 5 rings (SSSR count). The van der Waals surface area contributed by atoms with Crippen LogP contribution < -0.4 is 10.5 Å². The second-order valence-corrected chi connectivity index (χ2v) is 10.1. The Labute approximate surface area is 230 Å². The Morgan fingerprint density at radius 1 is 1.23 bits per heavy atom. The summed E-state index contributed by atoms with van der Waals surface area (Å²) < 4.78 is 15.3.